The van der Waals surface area contributed by atoms with E-state index in [1.807, 2.05) is 0 Å². The van der Waals surface area contributed by atoms with Gasteiger partial charge in [0.15, 0.2) is 0 Å². The van der Waals surface area contributed by atoms with Crippen LogP contribution < -0.4 is 0 Å². The highest BCUT2D eigenvalue weighted by atomic mass is 14.4. The molecule has 0 N–H and O–H groups in total. The monoisotopic (exact) mass is 420 g/mol. The topological polar surface area (TPSA) is 0 Å². The van der Waals surface area contributed by atoms with E-state index in [0.29, 0.717) is 0 Å². The summed E-state index contributed by atoms with van der Waals surface area (Å²) in [6.45, 7) is 32.7. The maximum atomic E-state index is 2.47. The molecule has 2 aromatic rings. The standard InChI is InChI=1S/C31H48/c1-27(2,3)21-15-16-25(26(20-21)30(10,11)12)31(13,14)24-18-22(28(4,5)6)17-23(19-24)29(7,8)9/h15-20H,1-14H3. The minimum atomic E-state index is -0.0830. The normalized spacial score (nSPS) is 14.1. The van der Waals surface area contributed by atoms with Crippen molar-refractivity contribution in [2.45, 2.75) is 124 Å². The Kier molecular flexibility index (Phi) is 6.46. The molecule has 0 aliphatic carbocycles. The third-order valence-corrected chi connectivity index (χ3v) is 6.75. The molecule has 0 unspecified atom stereocenters. The van der Waals surface area contributed by atoms with E-state index in [1.54, 1.807) is 0 Å². The van der Waals surface area contributed by atoms with Crippen molar-refractivity contribution in [2.75, 3.05) is 0 Å². The molecular weight excluding hydrogens is 372 g/mol. The average Bonchev–Trinajstić information content (AvgIpc) is 2.57. The molecule has 0 spiro atoms. The summed E-state index contributed by atoms with van der Waals surface area (Å²) in [4.78, 5) is 0. The van der Waals surface area contributed by atoms with Gasteiger partial charge in [0.2, 0.25) is 0 Å². The molecule has 0 atom stereocenters. The summed E-state index contributed by atoms with van der Waals surface area (Å²) in [5.74, 6) is 0. The molecule has 0 aliphatic heterocycles. The molecule has 0 fully saturated rings. The van der Waals surface area contributed by atoms with Gasteiger partial charge in [0, 0.05) is 5.41 Å². The molecule has 0 heteroatoms. The maximum Gasteiger partial charge on any atom is 0.0149 e. The van der Waals surface area contributed by atoms with E-state index >= 15 is 0 Å². The Morgan fingerprint density at radius 1 is 0.355 bits per heavy atom. The van der Waals surface area contributed by atoms with Gasteiger partial charge in [-0.1, -0.05) is 133 Å². The van der Waals surface area contributed by atoms with Gasteiger partial charge in [-0.2, -0.15) is 0 Å². The number of rotatable bonds is 2. The number of benzene rings is 2. The zero-order chi connectivity index (χ0) is 24.2. The van der Waals surface area contributed by atoms with E-state index in [0.717, 1.165) is 0 Å². The highest BCUT2D eigenvalue weighted by Crippen LogP contribution is 2.42. The van der Waals surface area contributed by atoms with E-state index in [9.17, 15) is 0 Å². The van der Waals surface area contributed by atoms with Crippen LogP contribution in [0.15, 0.2) is 36.4 Å². The lowest BCUT2D eigenvalue weighted by atomic mass is 9.68. The van der Waals surface area contributed by atoms with Crippen LogP contribution in [0.3, 0.4) is 0 Å². The zero-order valence-corrected chi connectivity index (χ0v) is 23.0. The predicted octanol–water partition coefficient (Wildman–Crippen LogP) is 9.20. The van der Waals surface area contributed by atoms with Crippen molar-refractivity contribution in [2.24, 2.45) is 0 Å². The molecule has 2 aromatic carbocycles. The highest BCUT2D eigenvalue weighted by molar-refractivity contribution is 5.50. The Labute approximate surface area is 193 Å². The Morgan fingerprint density at radius 2 is 0.742 bits per heavy atom. The van der Waals surface area contributed by atoms with Crippen LogP contribution in [0.25, 0.3) is 0 Å². The molecule has 0 saturated carbocycles. The second-order valence-electron chi connectivity index (χ2n) is 14.2. The van der Waals surface area contributed by atoms with Gasteiger partial charge in [-0.15, -0.1) is 0 Å². The smallest absolute Gasteiger partial charge is 0.0149 e. The van der Waals surface area contributed by atoms with Crippen LogP contribution in [-0.2, 0) is 27.1 Å². The van der Waals surface area contributed by atoms with Gasteiger partial charge in [-0.3, -0.25) is 0 Å². The Bertz CT molecular complexity index is 894. The largest absolute Gasteiger partial charge is 0.0582 e. The van der Waals surface area contributed by atoms with E-state index in [2.05, 4.69) is 133 Å². The summed E-state index contributed by atoms with van der Waals surface area (Å²) >= 11 is 0. The summed E-state index contributed by atoms with van der Waals surface area (Å²) in [5.41, 5.74) is 8.97. The van der Waals surface area contributed by atoms with Crippen molar-refractivity contribution < 1.29 is 0 Å². The lowest BCUT2D eigenvalue weighted by molar-refractivity contribution is 0.532. The van der Waals surface area contributed by atoms with Crippen LogP contribution in [0.5, 0.6) is 0 Å². The lowest BCUT2D eigenvalue weighted by Crippen LogP contribution is -2.28. The summed E-state index contributed by atoms with van der Waals surface area (Å²) < 4.78 is 0. The molecule has 0 heterocycles. The van der Waals surface area contributed by atoms with Gasteiger partial charge in [0.05, 0.1) is 0 Å². The van der Waals surface area contributed by atoms with Crippen LogP contribution in [0.1, 0.15) is 130 Å². The van der Waals surface area contributed by atoms with Crippen molar-refractivity contribution >= 4 is 0 Å². The fourth-order valence-corrected chi connectivity index (χ4v) is 4.19. The molecular formula is C31H48. The molecule has 2 rings (SSSR count). The molecule has 0 aliphatic rings. The van der Waals surface area contributed by atoms with Gasteiger partial charge in [0.25, 0.3) is 0 Å². The molecule has 0 aromatic heterocycles. The fourth-order valence-electron chi connectivity index (χ4n) is 4.19. The van der Waals surface area contributed by atoms with Crippen molar-refractivity contribution in [3.63, 3.8) is 0 Å². The van der Waals surface area contributed by atoms with Gasteiger partial charge in [0.1, 0.15) is 0 Å². The average molecular weight is 421 g/mol. The summed E-state index contributed by atoms with van der Waals surface area (Å²) in [5, 5.41) is 0. The third-order valence-electron chi connectivity index (χ3n) is 6.75. The minimum Gasteiger partial charge on any atom is -0.0582 e. The second-order valence-corrected chi connectivity index (χ2v) is 14.2. The fraction of sp³-hybridized carbons (Fsp3) is 0.613. The number of hydrogen-bond donors (Lipinski definition) is 0. The Balaban J connectivity index is 2.83. The highest BCUT2D eigenvalue weighted by Gasteiger charge is 2.33. The van der Waals surface area contributed by atoms with E-state index < -0.39 is 0 Å². The second kappa shape index (κ2) is 7.79. The van der Waals surface area contributed by atoms with Crippen LogP contribution in [0, 0.1) is 0 Å². The summed E-state index contributed by atoms with van der Waals surface area (Å²) in [6.07, 6.45) is 0. The quantitative estimate of drug-likeness (QED) is 0.454. The molecule has 172 valence electrons. The molecule has 0 nitrogen and oxygen atoms in total. The number of hydrogen-bond acceptors (Lipinski definition) is 0. The van der Waals surface area contributed by atoms with E-state index in [-0.39, 0.29) is 27.1 Å². The van der Waals surface area contributed by atoms with Gasteiger partial charge in [-0.05, 0) is 55.0 Å². The SMILES string of the molecule is CC(C)(C)c1cc(C(C)(C)C)cc(C(C)(C)c2ccc(C(C)(C)C)cc2C(C)(C)C)c1. The van der Waals surface area contributed by atoms with Gasteiger partial charge in [-0.25, -0.2) is 0 Å². The molecule has 0 amide bonds. The first-order chi connectivity index (χ1) is 13.6. The van der Waals surface area contributed by atoms with Crippen molar-refractivity contribution in [1.29, 1.82) is 0 Å². The van der Waals surface area contributed by atoms with Crippen LogP contribution in [0.2, 0.25) is 0 Å². The van der Waals surface area contributed by atoms with Crippen molar-refractivity contribution in [3.05, 3.63) is 69.8 Å². The van der Waals surface area contributed by atoms with Crippen molar-refractivity contribution in [1.82, 2.24) is 0 Å². The third kappa shape index (κ3) is 5.63. The maximum absolute atomic E-state index is 2.47. The lowest BCUT2D eigenvalue weighted by Gasteiger charge is -2.36. The molecule has 0 saturated heterocycles. The zero-order valence-electron chi connectivity index (χ0n) is 23.0. The van der Waals surface area contributed by atoms with E-state index in [4.69, 9.17) is 0 Å². The first-order valence-corrected chi connectivity index (χ1v) is 12.0. The van der Waals surface area contributed by atoms with Crippen LogP contribution in [0.4, 0.5) is 0 Å². The van der Waals surface area contributed by atoms with Gasteiger partial charge < -0.3 is 0 Å². The molecule has 31 heavy (non-hydrogen) atoms. The first-order valence-electron chi connectivity index (χ1n) is 12.0. The Morgan fingerprint density at radius 3 is 1.10 bits per heavy atom. The summed E-state index contributed by atoms with van der Waals surface area (Å²) in [7, 11) is 0. The predicted molar refractivity (Wildman–Crippen MR) is 140 cm³/mol. The van der Waals surface area contributed by atoms with Crippen LogP contribution >= 0.6 is 0 Å². The minimum absolute atomic E-state index is 0.0830. The molecule has 0 bridgehead atoms. The van der Waals surface area contributed by atoms with E-state index in [1.165, 1.54) is 33.4 Å². The Hall–Kier alpha value is -1.56. The summed E-state index contributed by atoms with van der Waals surface area (Å²) in [6, 6.07) is 14.6. The first kappa shape index (κ1) is 25.7. The molecule has 0 radical (unpaired) electrons. The van der Waals surface area contributed by atoms with Gasteiger partial charge >= 0.3 is 0 Å². The van der Waals surface area contributed by atoms with Crippen LogP contribution in [-0.4, -0.2) is 0 Å². The van der Waals surface area contributed by atoms with Crippen molar-refractivity contribution in [3.8, 4) is 0 Å².